The molecule has 1 heterocycles. The second kappa shape index (κ2) is 4.13. The smallest absolute Gasteiger partial charge is 0.276 e. The molecule has 0 fully saturated rings. The highest BCUT2D eigenvalue weighted by molar-refractivity contribution is 5.96. The van der Waals surface area contributed by atoms with Crippen LogP contribution in [0.4, 0.5) is 5.69 Å². The number of nitrogens with two attached hydrogens (primary N) is 1. The monoisotopic (exact) mass is 196 g/mol. The van der Waals surface area contributed by atoms with E-state index in [2.05, 4.69) is 5.10 Å². The Morgan fingerprint density at radius 1 is 1.57 bits per heavy atom. The molecule has 0 aliphatic heterocycles. The number of amides is 1. The van der Waals surface area contributed by atoms with Crippen LogP contribution < -0.4 is 5.73 Å². The van der Waals surface area contributed by atoms with Crippen LogP contribution in [0.25, 0.3) is 0 Å². The quantitative estimate of drug-likeness (QED) is 0.765. The van der Waals surface area contributed by atoms with Crippen LogP contribution in [0.5, 0.6) is 0 Å². The molecule has 1 amide bonds. The Labute approximate surface area is 83.5 Å². The van der Waals surface area contributed by atoms with Gasteiger partial charge in [0.05, 0.1) is 5.69 Å². The fraction of sp³-hybridized carbons (Fsp3) is 0.556. The van der Waals surface area contributed by atoms with Gasteiger partial charge in [-0.15, -0.1) is 0 Å². The third-order valence-corrected chi connectivity index (χ3v) is 2.11. The van der Waals surface area contributed by atoms with Crippen LogP contribution in [0.15, 0.2) is 6.20 Å². The predicted octanol–water partition coefficient (Wildman–Crippen LogP) is 0.484. The lowest BCUT2D eigenvalue weighted by atomic mass is 10.3. The number of hydrogen-bond donors (Lipinski definition) is 1. The fourth-order valence-corrected chi connectivity index (χ4v) is 1.33. The molecule has 0 radical (unpaired) electrons. The minimum absolute atomic E-state index is 0.104. The molecule has 5 nitrogen and oxygen atoms in total. The van der Waals surface area contributed by atoms with E-state index in [1.54, 1.807) is 22.8 Å². The van der Waals surface area contributed by atoms with E-state index in [4.69, 9.17) is 5.73 Å². The topological polar surface area (TPSA) is 64.2 Å². The molecule has 2 N–H and O–H groups in total. The first-order valence-corrected chi connectivity index (χ1v) is 4.68. The molecular weight excluding hydrogens is 180 g/mol. The predicted molar refractivity (Wildman–Crippen MR) is 54.9 cm³/mol. The Morgan fingerprint density at radius 3 is 2.50 bits per heavy atom. The number of aromatic nitrogens is 2. The van der Waals surface area contributed by atoms with Gasteiger partial charge in [-0.25, -0.2) is 0 Å². The van der Waals surface area contributed by atoms with Crippen molar-refractivity contribution < 1.29 is 4.79 Å². The lowest BCUT2D eigenvalue weighted by Crippen LogP contribution is -2.31. The lowest BCUT2D eigenvalue weighted by molar-refractivity contribution is 0.0767. The molecule has 0 saturated heterocycles. The van der Waals surface area contributed by atoms with Crippen LogP contribution in [0.1, 0.15) is 24.3 Å². The summed E-state index contributed by atoms with van der Waals surface area (Å²) in [5.74, 6) is -0.104. The normalized spacial score (nSPS) is 10.2. The van der Waals surface area contributed by atoms with Gasteiger partial charge in [-0.2, -0.15) is 5.10 Å². The molecule has 1 aromatic heterocycles. The maximum atomic E-state index is 11.8. The molecular formula is C9H16N4O. The second-order valence-corrected chi connectivity index (χ2v) is 3.08. The molecule has 0 unspecified atom stereocenters. The highest BCUT2D eigenvalue weighted by atomic mass is 16.2. The van der Waals surface area contributed by atoms with Crippen molar-refractivity contribution in [3.63, 3.8) is 0 Å². The van der Waals surface area contributed by atoms with Gasteiger partial charge in [0, 0.05) is 26.3 Å². The largest absolute Gasteiger partial charge is 0.396 e. The highest BCUT2D eigenvalue weighted by Gasteiger charge is 2.18. The molecule has 1 aromatic rings. The first-order valence-electron chi connectivity index (χ1n) is 4.68. The zero-order chi connectivity index (χ0) is 10.7. The molecule has 0 spiro atoms. The molecule has 14 heavy (non-hydrogen) atoms. The number of carbonyl (C=O) groups is 1. The van der Waals surface area contributed by atoms with E-state index >= 15 is 0 Å². The zero-order valence-corrected chi connectivity index (χ0v) is 8.82. The third kappa shape index (κ3) is 1.86. The molecule has 1 rings (SSSR count). The van der Waals surface area contributed by atoms with Gasteiger partial charge in [-0.1, -0.05) is 0 Å². The van der Waals surface area contributed by atoms with Crippen molar-refractivity contribution in [1.82, 2.24) is 14.7 Å². The summed E-state index contributed by atoms with van der Waals surface area (Å²) in [7, 11) is 1.75. The minimum atomic E-state index is -0.104. The zero-order valence-electron chi connectivity index (χ0n) is 8.82. The van der Waals surface area contributed by atoms with Crippen LogP contribution in [-0.4, -0.2) is 33.7 Å². The summed E-state index contributed by atoms with van der Waals surface area (Å²) in [5.41, 5.74) is 6.44. The van der Waals surface area contributed by atoms with E-state index in [0.717, 1.165) is 0 Å². The molecule has 0 bridgehead atoms. The van der Waals surface area contributed by atoms with Gasteiger partial charge in [0.25, 0.3) is 5.91 Å². The van der Waals surface area contributed by atoms with Gasteiger partial charge in [-0.05, 0) is 13.8 Å². The van der Waals surface area contributed by atoms with Crippen molar-refractivity contribution >= 4 is 11.6 Å². The van der Waals surface area contributed by atoms with Crippen LogP contribution in [0.3, 0.4) is 0 Å². The first-order chi connectivity index (χ1) is 6.60. The average Bonchev–Trinajstić information content (AvgIpc) is 2.47. The Kier molecular flexibility index (Phi) is 3.11. The standard InChI is InChI=1S/C9H16N4O/c1-4-13(5-2)9(14)8-7(10)6-12(3)11-8/h6H,4-5,10H2,1-3H3. The molecule has 0 saturated carbocycles. The summed E-state index contributed by atoms with van der Waals surface area (Å²) < 4.78 is 1.55. The van der Waals surface area contributed by atoms with E-state index in [1.165, 1.54) is 0 Å². The second-order valence-electron chi connectivity index (χ2n) is 3.08. The van der Waals surface area contributed by atoms with E-state index in [-0.39, 0.29) is 5.91 Å². The Hall–Kier alpha value is -1.52. The maximum Gasteiger partial charge on any atom is 0.276 e. The van der Waals surface area contributed by atoms with Gasteiger partial charge in [0.2, 0.25) is 0 Å². The van der Waals surface area contributed by atoms with E-state index in [0.29, 0.717) is 24.5 Å². The Bertz CT molecular complexity index is 328. The number of rotatable bonds is 3. The number of anilines is 1. The first kappa shape index (κ1) is 10.6. The van der Waals surface area contributed by atoms with Crippen molar-refractivity contribution in [3.8, 4) is 0 Å². The van der Waals surface area contributed by atoms with E-state index < -0.39 is 0 Å². The summed E-state index contributed by atoms with van der Waals surface area (Å²) >= 11 is 0. The summed E-state index contributed by atoms with van der Waals surface area (Å²) in [6, 6.07) is 0. The maximum absolute atomic E-state index is 11.8. The van der Waals surface area contributed by atoms with Crippen molar-refractivity contribution in [2.75, 3.05) is 18.8 Å². The lowest BCUT2D eigenvalue weighted by Gasteiger charge is -2.17. The molecule has 5 heteroatoms. The molecule has 0 aromatic carbocycles. The summed E-state index contributed by atoms with van der Waals surface area (Å²) in [4.78, 5) is 13.5. The number of carbonyl (C=O) groups excluding carboxylic acids is 1. The van der Waals surface area contributed by atoms with Crippen LogP contribution in [0.2, 0.25) is 0 Å². The minimum Gasteiger partial charge on any atom is -0.396 e. The third-order valence-electron chi connectivity index (χ3n) is 2.11. The van der Waals surface area contributed by atoms with E-state index in [9.17, 15) is 4.79 Å². The Balaban J connectivity index is 2.93. The van der Waals surface area contributed by atoms with Gasteiger partial charge < -0.3 is 10.6 Å². The number of nitrogens with zero attached hydrogens (tertiary/aromatic N) is 3. The molecule has 0 aliphatic rings. The van der Waals surface area contributed by atoms with Gasteiger partial charge in [-0.3, -0.25) is 9.48 Å². The summed E-state index contributed by atoms with van der Waals surface area (Å²) in [6.07, 6.45) is 1.64. The SMILES string of the molecule is CCN(CC)C(=O)c1nn(C)cc1N. The van der Waals surface area contributed by atoms with Crippen LogP contribution >= 0.6 is 0 Å². The fourth-order valence-electron chi connectivity index (χ4n) is 1.33. The Morgan fingerprint density at radius 2 is 2.14 bits per heavy atom. The van der Waals surface area contributed by atoms with Gasteiger partial charge in [0.1, 0.15) is 0 Å². The number of aryl methyl sites for hydroxylation is 1. The van der Waals surface area contributed by atoms with Crippen molar-refractivity contribution in [2.45, 2.75) is 13.8 Å². The summed E-state index contributed by atoms with van der Waals surface area (Å²) in [5, 5.41) is 4.03. The van der Waals surface area contributed by atoms with Gasteiger partial charge >= 0.3 is 0 Å². The van der Waals surface area contributed by atoms with Crippen molar-refractivity contribution in [2.24, 2.45) is 7.05 Å². The molecule has 0 aliphatic carbocycles. The number of hydrogen-bond acceptors (Lipinski definition) is 3. The molecule has 0 atom stereocenters. The average molecular weight is 196 g/mol. The summed E-state index contributed by atoms with van der Waals surface area (Å²) in [6.45, 7) is 5.21. The number of nitrogen functional groups attached to an aromatic ring is 1. The van der Waals surface area contributed by atoms with Crippen LogP contribution in [0, 0.1) is 0 Å². The highest BCUT2D eigenvalue weighted by Crippen LogP contribution is 2.10. The molecule has 78 valence electrons. The van der Waals surface area contributed by atoms with Crippen molar-refractivity contribution in [3.05, 3.63) is 11.9 Å². The van der Waals surface area contributed by atoms with Gasteiger partial charge in [0.15, 0.2) is 5.69 Å². The van der Waals surface area contributed by atoms with Crippen molar-refractivity contribution in [1.29, 1.82) is 0 Å². The van der Waals surface area contributed by atoms with Crippen LogP contribution in [-0.2, 0) is 7.05 Å². The van der Waals surface area contributed by atoms with E-state index in [1.807, 2.05) is 13.8 Å².